The molecule has 0 radical (unpaired) electrons. The SMILES string of the molecule is COC[C@@H]1C[C@@H](OC)CN1Cc1ccc(Oc2cnccn2)cc1. The van der Waals surface area contributed by atoms with Crippen LogP contribution in [0.25, 0.3) is 0 Å². The molecule has 6 nitrogen and oxygen atoms in total. The summed E-state index contributed by atoms with van der Waals surface area (Å²) in [6.07, 6.45) is 6.12. The molecule has 1 fully saturated rings. The number of likely N-dealkylation sites (tertiary alicyclic amines) is 1. The quantitative estimate of drug-likeness (QED) is 0.778. The van der Waals surface area contributed by atoms with E-state index in [1.165, 1.54) is 5.56 Å². The molecule has 0 amide bonds. The molecule has 1 aliphatic rings. The summed E-state index contributed by atoms with van der Waals surface area (Å²) in [6.45, 7) is 2.54. The Kier molecular flexibility index (Phi) is 5.74. The minimum absolute atomic E-state index is 0.282. The Bertz CT molecular complexity index is 621. The van der Waals surface area contributed by atoms with Crippen LogP contribution >= 0.6 is 0 Å². The Balaban J connectivity index is 1.61. The van der Waals surface area contributed by atoms with Gasteiger partial charge in [0.2, 0.25) is 5.88 Å². The predicted octanol–water partition coefficient (Wildman–Crippen LogP) is 2.50. The van der Waals surface area contributed by atoms with Crippen LogP contribution < -0.4 is 4.74 Å². The Morgan fingerprint density at radius 3 is 2.67 bits per heavy atom. The summed E-state index contributed by atoms with van der Waals surface area (Å²) in [5, 5.41) is 0. The molecule has 6 heteroatoms. The van der Waals surface area contributed by atoms with Crippen LogP contribution in [0.15, 0.2) is 42.9 Å². The third-order valence-corrected chi connectivity index (χ3v) is 4.25. The molecular formula is C18H23N3O3. The monoisotopic (exact) mass is 329 g/mol. The van der Waals surface area contributed by atoms with Gasteiger partial charge in [-0.2, -0.15) is 0 Å². The molecule has 1 aromatic carbocycles. The Labute approximate surface area is 142 Å². The van der Waals surface area contributed by atoms with Crippen molar-refractivity contribution in [2.75, 3.05) is 27.4 Å². The number of aromatic nitrogens is 2. The van der Waals surface area contributed by atoms with E-state index in [1.807, 2.05) is 12.1 Å². The number of rotatable bonds is 7. The van der Waals surface area contributed by atoms with Gasteiger partial charge < -0.3 is 14.2 Å². The number of methoxy groups -OCH3 is 2. The molecule has 0 spiro atoms. The molecule has 128 valence electrons. The Morgan fingerprint density at radius 2 is 2.00 bits per heavy atom. The van der Waals surface area contributed by atoms with Gasteiger partial charge in [-0.3, -0.25) is 9.88 Å². The summed E-state index contributed by atoms with van der Waals surface area (Å²) in [7, 11) is 3.52. The van der Waals surface area contributed by atoms with E-state index in [0.29, 0.717) is 11.9 Å². The fraction of sp³-hybridized carbons (Fsp3) is 0.444. The van der Waals surface area contributed by atoms with Gasteiger partial charge in [-0.1, -0.05) is 12.1 Å². The van der Waals surface area contributed by atoms with Crippen molar-refractivity contribution < 1.29 is 14.2 Å². The van der Waals surface area contributed by atoms with Crippen molar-refractivity contribution in [2.24, 2.45) is 0 Å². The summed E-state index contributed by atoms with van der Waals surface area (Å²) in [5.41, 5.74) is 1.24. The summed E-state index contributed by atoms with van der Waals surface area (Å²) >= 11 is 0. The number of hydrogen-bond acceptors (Lipinski definition) is 6. The van der Waals surface area contributed by atoms with Gasteiger partial charge in [0.25, 0.3) is 0 Å². The van der Waals surface area contributed by atoms with Crippen LogP contribution in [0.5, 0.6) is 11.6 Å². The average Bonchev–Trinajstić information content (AvgIpc) is 3.00. The first kappa shape index (κ1) is 16.8. The summed E-state index contributed by atoms with van der Waals surface area (Å²) < 4.78 is 16.5. The zero-order valence-corrected chi connectivity index (χ0v) is 14.1. The van der Waals surface area contributed by atoms with Crippen molar-refractivity contribution in [1.82, 2.24) is 14.9 Å². The highest BCUT2D eigenvalue weighted by Gasteiger charge is 2.31. The molecule has 2 heterocycles. The van der Waals surface area contributed by atoms with Crippen LogP contribution in [0.4, 0.5) is 0 Å². The number of benzene rings is 1. The fourth-order valence-corrected chi connectivity index (χ4v) is 3.02. The number of hydrogen-bond donors (Lipinski definition) is 0. The van der Waals surface area contributed by atoms with Crippen LogP contribution in [-0.2, 0) is 16.0 Å². The lowest BCUT2D eigenvalue weighted by Crippen LogP contribution is -2.32. The molecule has 3 rings (SSSR count). The van der Waals surface area contributed by atoms with E-state index in [4.69, 9.17) is 14.2 Å². The molecule has 0 unspecified atom stereocenters. The molecular weight excluding hydrogens is 306 g/mol. The third-order valence-electron chi connectivity index (χ3n) is 4.25. The maximum absolute atomic E-state index is 5.67. The molecule has 1 aliphatic heterocycles. The van der Waals surface area contributed by atoms with Gasteiger partial charge in [0, 0.05) is 45.7 Å². The summed E-state index contributed by atoms with van der Waals surface area (Å²) in [6, 6.07) is 8.47. The highest BCUT2D eigenvalue weighted by atomic mass is 16.5. The summed E-state index contributed by atoms with van der Waals surface area (Å²) in [5.74, 6) is 1.25. The Hall–Kier alpha value is -2.02. The van der Waals surface area contributed by atoms with Gasteiger partial charge in [-0.15, -0.1) is 0 Å². The van der Waals surface area contributed by atoms with Crippen molar-refractivity contribution >= 4 is 0 Å². The molecule has 1 saturated heterocycles. The van der Waals surface area contributed by atoms with E-state index < -0.39 is 0 Å². The van der Waals surface area contributed by atoms with Gasteiger partial charge in [0.1, 0.15) is 5.75 Å². The molecule has 0 aliphatic carbocycles. The molecule has 24 heavy (non-hydrogen) atoms. The molecule has 2 atom stereocenters. The first-order chi connectivity index (χ1) is 11.8. The lowest BCUT2D eigenvalue weighted by molar-refractivity contribution is 0.106. The largest absolute Gasteiger partial charge is 0.438 e. The second kappa shape index (κ2) is 8.19. The van der Waals surface area contributed by atoms with E-state index >= 15 is 0 Å². The van der Waals surface area contributed by atoms with Gasteiger partial charge in [0.05, 0.1) is 18.9 Å². The van der Waals surface area contributed by atoms with Gasteiger partial charge in [-0.25, -0.2) is 4.98 Å². The van der Waals surface area contributed by atoms with Crippen molar-refractivity contribution in [3.63, 3.8) is 0 Å². The van der Waals surface area contributed by atoms with E-state index in [9.17, 15) is 0 Å². The minimum Gasteiger partial charge on any atom is -0.438 e. The van der Waals surface area contributed by atoms with Crippen LogP contribution in [-0.4, -0.2) is 54.4 Å². The number of ether oxygens (including phenoxy) is 3. The predicted molar refractivity (Wildman–Crippen MR) is 90.0 cm³/mol. The average molecular weight is 329 g/mol. The van der Waals surface area contributed by atoms with Crippen molar-refractivity contribution in [3.05, 3.63) is 48.4 Å². The van der Waals surface area contributed by atoms with E-state index in [2.05, 4.69) is 27.0 Å². The Morgan fingerprint density at radius 1 is 1.17 bits per heavy atom. The van der Waals surface area contributed by atoms with Crippen molar-refractivity contribution in [1.29, 1.82) is 0 Å². The van der Waals surface area contributed by atoms with E-state index in [0.717, 1.165) is 31.9 Å². The molecule has 0 N–H and O–H groups in total. The molecule has 1 aromatic heterocycles. The topological polar surface area (TPSA) is 56.7 Å². The first-order valence-corrected chi connectivity index (χ1v) is 8.07. The van der Waals surface area contributed by atoms with Crippen molar-refractivity contribution in [2.45, 2.75) is 25.1 Å². The zero-order chi connectivity index (χ0) is 16.8. The molecule has 0 bridgehead atoms. The second-order valence-corrected chi connectivity index (χ2v) is 5.92. The minimum atomic E-state index is 0.282. The lowest BCUT2D eigenvalue weighted by atomic mass is 10.2. The highest BCUT2D eigenvalue weighted by molar-refractivity contribution is 5.30. The third kappa shape index (κ3) is 4.29. The van der Waals surface area contributed by atoms with Crippen LogP contribution in [0.2, 0.25) is 0 Å². The van der Waals surface area contributed by atoms with Crippen LogP contribution in [0, 0.1) is 0 Å². The zero-order valence-electron chi connectivity index (χ0n) is 14.1. The fourth-order valence-electron chi connectivity index (χ4n) is 3.02. The normalized spacial score (nSPS) is 21.1. The highest BCUT2D eigenvalue weighted by Crippen LogP contribution is 2.24. The lowest BCUT2D eigenvalue weighted by Gasteiger charge is -2.23. The van der Waals surface area contributed by atoms with E-state index in [-0.39, 0.29) is 6.10 Å². The number of nitrogens with zero attached hydrogens (tertiary/aromatic N) is 3. The van der Waals surface area contributed by atoms with Crippen LogP contribution in [0.3, 0.4) is 0 Å². The first-order valence-electron chi connectivity index (χ1n) is 8.07. The van der Waals surface area contributed by atoms with Gasteiger partial charge in [0.15, 0.2) is 0 Å². The smallest absolute Gasteiger partial charge is 0.237 e. The maximum atomic E-state index is 5.67. The van der Waals surface area contributed by atoms with Crippen molar-refractivity contribution in [3.8, 4) is 11.6 Å². The van der Waals surface area contributed by atoms with Gasteiger partial charge in [-0.05, 0) is 24.1 Å². The van der Waals surface area contributed by atoms with Gasteiger partial charge >= 0.3 is 0 Å². The van der Waals surface area contributed by atoms with E-state index in [1.54, 1.807) is 32.8 Å². The molecule has 2 aromatic rings. The maximum Gasteiger partial charge on any atom is 0.237 e. The molecule has 0 saturated carbocycles. The van der Waals surface area contributed by atoms with Crippen LogP contribution in [0.1, 0.15) is 12.0 Å². The second-order valence-electron chi connectivity index (χ2n) is 5.92. The standard InChI is InChI=1S/C18H23N3O3/c1-22-13-15-9-17(23-2)12-21(15)11-14-3-5-16(6-4-14)24-18-10-19-7-8-20-18/h3-8,10,15,17H,9,11-13H2,1-2H3/t15-,17+/m0/s1. The summed E-state index contributed by atoms with van der Waals surface area (Å²) in [4.78, 5) is 10.5.